The van der Waals surface area contributed by atoms with E-state index in [1.165, 1.54) is 0 Å². The summed E-state index contributed by atoms with van der Waals surface area (Å²) >= 11 is 1.61. The van der Waals surface area contributed by atoms with Crippen molar-refractivity contribution < 1.29 is 14.6 Å². The first-order chi connectivity index (χ1) is 9.58. The Hall–Kier alpha value is -2.01. The van der Waals surface area contributed by atoms with Gasteiger partial charge in [-0.3, -0.25) is 4.98 Å². The van der Waals surface area contributed by atoms with Gasteiger partial charge in [0, 0.05) is 28.5 Å². The quantitative estimate of drug-likeness (QED) is 0.855. The molecule has 0 aliphatic heterocycles. The zero-order valence-electron chi connectivity index (χ0n) is 11.3. The molecule has 1 aromatic heterocycles. The number of nitrogens with zero attached hydrogens (tertiary/aromatic N) is 1. The number of aromatic nitrogens is 1. The highest BCUT2D eigenvalue weighted by Gasteiger charge is 2.04. The summed E-state index contributed by atoms with van der Waals surface area (Å²) < 4.78 is 5.22. The van der Waals surface area contributed by atoms with E-state index in [0.29, 0.717) is 11.3 Å². The van der Waals surface area contributed by atoms with Crippen molar-refractivity contribution >= 4 is 17.7 Å². The number of rotatable bonds is 5. The lowest BCUT2D eigenvalue weighted by atomic mass is 10.2. The number of benzene rings is 1. The van der Waals surface area contributed by atoms with Gasteiger partial charge in [0.1, 0.15) is 5.75 Å². The number of hydrogen-bond acceptors (Lipinski definition) is 4. The molecule has 0 radical (unpaired) electrons. The summed E-state index contributed by atoms with van der Waals surface area (Å²) in [6, 6.07) is 10.6. The number of thioether (sulfide) groups is 1. The fourth-order valence-electron chi connectivity index (χ4n) is 1.75. The summed E-state index contributed by atoms with van der Waals surface area (Å²) in [4.78, 5) is 16.2. The summed E-state index contributed by atoms with van der Waals surface area (Å²) in [5.74, 6) is 0.603. The predicted molar refractivity (Wildman–Crippen MR) is 78.5 cm³/mol. The van der Waals surface area contributed by atoms with Crippen molar-refractivity contribution in [2.45, 2.75) is 17.6 Å². The zero-order chi connectivity index (χ0) is 14.5. The molecule has 1 N–H and O–H groups in total. The second kappa shape index (κ2) is 6.43. The van der Waals surface area contributed by atoms with E-state index in [9.17, 15) is 4.79 Å². The maximum absolute atomic E-state index is 10.8. The maximum atomic E-state index is 10.8. The Balaban J connectivity index is 2.04. The molecule has 2 rings (SSSR count). The molecule has 0 spiro atoms. The van der Waals surface area contributed by atoms with Crippen LogP contribution < -0.4 is 4.74 Å². The summed E-state index contributed by atoms with van der Waals surface area (Å²) in [5, 5.41) is 8.84. The average molecular weight is 289 g/mol. The van der Waals surface area contributed by atoms with Crippen LogP contribution in [-0.2, 0) is 5.75 Å². The minimum Gasteiger partial charge on any atom is -0.497 e. The molecule has 0 aliphatic carbocycles. The van der Waals surface area contributed by atoms with Gasteiger partial charge in [-0.2, -0.15) is 0 Å². The molecule has 5 heteroatoms. The van der Waals surface area contributed by atoms with Crippen molar-refractivity contribution in [1.29, 1.82) is 0 Å². The lowest BCUT2D eigenvalue weighted by Gasteiger charge is -2.06. The molecule has 0 fully saturated rings. The molecule has 104 valence electrons. The first-order valence-corrected chi connectivity index (χ1v) is 7.05. The molecule has 0 atom stereocenters. The van der Waals surface area contributed by atoms with Crippen LogP contribution in [0.1, 0.15) is 21.7 Å². The van der Waals surface area contributed by atoms with E-state index in [1.54, 1.807) is 43.1 Å². The Bertz CT molecular complexity index is 611. The molecule has 20 heavy (non-hydrogen) atoms. The third-order valence-electron chi connectivity index (χ3n) is 2.70. The van der Waals surface area contributed by atoms with Crippen molar-refractivity contribution in [2.75, 3.05) is 7.11 Å². The SMILES string of the molecule is COc1cc(C)nc(CSc2ccc(C(=O)O)cc2)c1. The Morgan fingerprint density at radius 3 is 2.60 bits per heavy atom. The molecule has 1 aromatic carbocycles. The number of pyridine rings is 1. The Kier molecular flexibility index (Phi) is 4.63. The number of carboxylic acid groups (broad SMARTS) is 1. The maximum Gasteiger partial charge on any atom is 0.335 e. The molecule has 0 saturated heterocycles. The van der Waals surface area contributed by atoms with E-state index < -0.39 is 5.97 Å². The standard InChI is InChI=1S/C15H15NO3S/c1-10-7-13(19-2)8-12(16-10)9-20-14-5-3-11(4-6-14)15(17)18/h3-8H,9H2,1-2H3,(H,17,18). The smallest absolute Gasteiger partial charge is 0.335 e. The lowest BCUT2D eigenvalue weighted by Crippen LogP contribution is -1.95. The van der Waals surface area contributed by atoms with Gasteiger partial charge in [-0.15, -0.1) is 11.8 Å². The second-order valence-electron chi connectivity index (χ2n) is 4.26. The molecule has 2 aromatic rings. The molecule has 0 bridgehead atoms. The van der Waals surface area contributed by atoms with Gasteiger partial charge in [-0.05, 0) is 31.2 Å². The van der Waals surface area contributed by atoms with E-state index in [0.717, 1.165) is 22.0 Å². The van der Waals surface area contributed by atoms with Crippen molar-refractivity contribution in [3.63, 3.8) is 0 Å². The van der Waals surface area contributed by atoms with E-state index in [4.69, 9.17) is 9.84 Å². The van der Waals surface area contributed by atoms with Gasteiger partial charge in [0.05, 0.1) is 18.4 Å². The predicted octanol–water partition coefficient (Wildman–Crippen LogP) is 3.39. The summed E-state index contributed by atoms with van der Waals surface area (Å²) in [5.41, 5.74) is 2.15. The van der Waals surface area contributed by atoms with Gasteiger partial charge in [0.2, 0.25) is 0 Å². The molecule has 0 amide bonds. The van der Waals surface area contributed by atoms with Crippen LogP contribution in [0.15, 0.2) is 41.3 Å². The van der Waals surface area contributed by atoms with Gasteiger partial charge in [-0.1, -0.05) is 0 Å². The molecule has 4 nitrogen and oxygen atoms in total. The fourth-order valence-corrected chi connectivity index (χ4v) is 2.54. The van der Waals surface area contributed by atoms with Crippen LogP contribution in [0.3, 0.4) is 0 Å². The highest BCUT2D eigenvalue weighted by Crippen LogP contribution is 2.24. The highest BCUT2D eigenvalue weighted by atomic mass is 32.2. The number of ether oxygens (including phenoxy) is 1. The molecule has 0 aliphatic rings. The zero-order valence-corrected chi connectivity index (χ0v) is 12.1. The van der Waals surface area contributed by atoms with Crippen LogP contribution in [0.4, 0.5) is 0 Å². The first-order valence-electron chi connectivity index (χ1n) is 6.06. The van der Waals surface area contributed by atoms with Crippen LogP contribution in [0.5, 0.6) is 5.75 Å². The minimum absolute atomic E-state index is 0.296. The molecule has 1 heterocycles. The van der Waals surface area contributed by atoms with Crippen LogP contribution in [0, 0.1) is 6.92 Å². The fraction of sp³-hybridized carbons (Fsp3) is 0.200. The van der Waals surface area contributed by atoms with Gasteiger partial charge >= 0.3 is 5.97 Å². The van der Waals surface area contributed by atoms with E-state index >= 15 is 0 Å². The van der Waals surface area contributed by atoms with Crippen LogP contribution in [0.2, 0.25) is 0 Å². The van der Waals surface area contributed by atoms with Crippen molar-refractivity contribution in [2.24, 2.45) is 0 Å². The minimum atomic E-state index is -0.911. The third kappa shape index (κ3) is 3.74. The Labute approximate surface area is 121 Å². The third-order valence-corrected chi connectivity index (χ3v) is 3.75. The van der Waals surface area contributed by atoms with Crippen molar-refractivity contribution in [3.8, 4) is 5.75 Å². The van der Waals surface area contributed by atoms with Gasteiger partial charge < -0.3 is 9.84 Å². The van der Waals surface area contributed by atoms with E-state index in [2.05, 4.69) is 4.98 Å². The summed E-state index contributed by atoms with van der Waals surface area (Å²) in [6.45, 7) is 1.93. The number of aryl methyl sites for hydroxylation is 1. The van der Waals surface area contributed by atoms with Gasteiger partial charge in [0.25, 0.3) is 0 Å². The normalized spacial score (nSPS) is 10.3. The number of hydrogen-bond donors (Lipinski definition) is 1. The second-order valence-corrected chi connectivity index (χ2v) is 5.31. The molecular weight excluding hydrogens is 274 g/mol. The number of methoxy groups -OCH3 is 1. The molecule has 0 unspecified atom stereocenters. The summed E-state index contributed by atoms with van der Waals surface area (Å²) in [6.07, 6.45) is 0. The number of aromatic carboxylic acids is 1. The lowest BCUT2D eigenvalue weighted by molar-refractivity contribution is 0.0697. The largest absolute Gasteiger partial charge is 0.497 e. The number of carbonyl (C=O) groups is 1. The van der Waals surface area contributed by atoms with Crippen LogP contribution >= 0.6 is 11.8 Å². The average Bonchev–Trinajstić information content (AvgIpc) is 2.45. The van der Waals surface area contributed by atoms with Gasteiger partial charge in [-0.25, -0.2) is 4.79 Å². The Morgan fingerprint density at radius 2 is 2.00 bits per heavy atom. The summed E-state index contributed by atoms with van der Waals surface area (Å²) in [7, 11) is 1.64. The van der Waals surface area contributed by atoms with E-state index in [1.807, 2.05) is 19.1 Å². The van der Waals surface area contributed by atoms with Crippen molar-refractivity contribution in [3.05, 3.63) is 53.3 Å². The first kappa shape index (κ1) is 14.4. The van der Waals surface area contributed by atoms with Gasteiger partial charge in [0.15, 0.2) is 0 Å². The highest BCUT2D eigenvalue weighted by molar-refractivity contribution is 7.98. The van der Waals surface area contributed by atoms with E-state index in [-0.39, 0.29) is 0 Å². The van der Waals surface area contributed by atoms with Crippen LogP contribution in [0.25, 0.3) is 0 Å². The topological polar surface area (TPSA) is 59.4 Å². The molecule has 0 saturated carbocycles. The van der Waals surface area contributed by atoms with Crippen molar-refractivity contribution in [1.82, 2.24) is 4.98 Å². The monoisotopic (exact) mass is 289 g/mol. The Morgan fingerprint density at radius 1 is 1.30 bits per heavy atom. The molecular formula is C15H15NO3S. The number of carboxylic acids is 1. The van der Waals surface area contributed by atoms with Crippen LogP contribution in [-0.4, -0.2) is 23.2 Å².